The molecular formula is C10H18N2O3. The maximum atomic E-state index is 10.9. The highest BCUT2D eigenvalue weighted by Crippen LogP contribution is 2.07. The smallest absolute Gasteiger partial charge is 0.220 e. The van der Waals surface area contributed by atoms with E-state index in [1.54, 1.807) is 0 Å². The summed E-state index contributed by atoms with van der Waals surface area (Å²) < 4.78 is 10.5. The number of hydrogen-bond donors (Lipinski definition) is 2. The van der Waals surface area contributed by atoms with Crippen molar-refractivity contribution in [2.45, 2.75) is 31.4 Å². The van der Waals surface area contributed by atoms with Gasteiger partial charge in [-0.25, -0.2) is 0 Å². The van der Waals surface area contributed by atoms with E-state index in [2.05, 4.69) is 10.6 Å². The Labute approximate surface area is 89.5 Å². The maximum absolute atomic E-state index is 10.9. The van der Waals surface area contributed by atoms with Crippen LogP contribution in [0.5, 0.6) is 0 Å². The third kappa shape index (κ3) is 3.44. The SMILES string of the molecule is O=C1CCC(CNCC2CCOCO2)N1. The van der Waals surface area contributed by atoms with Crippen molar-refractivity contribution >= 4 is 5.91 Å². The summed E-state index contributed by atoms with van der Waals surface area (Å²) >= 11 is 0. The summed E-state index contributed by atoms with van der Waals surface area (Å²) in [7, 11) is 0. The Kier molecular flexibility index (Phi) is 3.94. The molecule has 2 atom stereocenters. The predicted molar refractivity (Wildman–Crippen MR) is 54.3 cm³/mol. The van der Waals surface area contributed by atoms with Gasteiger partial charge in [0.2, 0.25) is 5.91 Å². The summed E-state index contributed by atoms with van der Waals surface area (Å²) in [4.78, 5) is 10.9. The van der Waals surface area contributed by atoms with Crippen LogP contribution >= 0.6 is 0 Å². The van der Waals surface area contributed by atoms with Crippen LogP contribution in [-0.2, 0) is 14.3 Å². The van der Waals surface area contributed by atoms with E-state index in [-0.39, 0.29) is 12.0 Å². The third-order valence-corrected chi connectivity index (χ3v) is 2.82. The van der Waals surface area contributed by atoms with E-state index in [1.165, 1.54) is 0 Å². The van der Waals surface area contributed by atoms with E-state index < -0.39 is 0 Å². The normalized spacial score (nSPS) is 31.6. The average Bonchev–Trinajstić information content (AvgIpc) is 2.66. The molecule has 0 saturated carbocycles. The standard InChI is InChI=1S/C10H18N2O3/c13-10-2-1-8(12-10)5-11-6-9-3-4-14-7-15-9/h8-9,11H,1-7H2,(H,12,13). The fourth-order valence-corrected chi connectivity index (χ4v) is 1.91. The number of carbonyl (C=O) groups excluding carboxylic acids is 1. The van der Waals surface area contributed by atoms with Crippen molar-refractivity contribution in [3.8, 4) is 0 Å². The molecular weight excluding hydrogens is 196 g/mol. The van der Waals surface area contributed by atoms with Gasteiger partial charge >= 0.3 is 0 Å². The highest BCUT2D eigenvalue weighted by Gasteiger charge is 2.20. The van der Waals surface area contributed by atoms with Gasteiger partial charge in [0.15, 0.2) is 0 Å². The van der Waals surface area contributed by atoms with Gasteiger partial charge in [0.05, 0.1) is 12.7 Å². The number of rotatable bonds is 4. The van der Waals surface area contributed by atoms with Crippen molar-refractivity contribution in [2.75, 3.05) is 26.5 Å². The minimum absolute atomic E-state index is 0.170. The molecule has 5 nitrogen and oxygen atoms in total. The number of amides is 1. The van der Waals surface area contributed by atoms with Crippen LogP contribution in [-0.4, -0.2) is 44.5 Å². The van der Waals surface area contributed by atoms with Crippen molar-refractivity contribution in [3.05, 3.63) is 0 Å². The van der Waals surface area contributed by atoms with E-state index in [4.69, 9.17) is 9.47 Å². The van der Waals surface area contributed by atoms with E-state index in [9.17, 15) is 4.79 Å². The Morgan fingerprint density at radius 2 is 2.33 bits per heavy atom. The fraction of sp³-hybridized carbons (Fsp3) is 0.900. The second kappa shape index (κ2) is 5.44. The van der Waals surface area contributed by atoms with Crippen molar-refractivity contribution in [1.82, 2.24) is 10.6 Å². The first-order valence-electron chi connectivity index (χ1n) is 5.54. The van der Waals surface area contributed by atoms with Crippen LogP contribution in [0.2, 0.25) is 0 Å². The average molecular weight is 214 g/mol. The molecule has 5 heteroatoms. The number of carbonyl (C=O) groups is 1. The van der Waals surface area contributed by atoms with Gasteiger partial charge in [-0.3, -0.25) is 4.79 Å². The van der Waals surface area contributed by atoms with E-state index in [0.29, 0.717) is 19.3 Å². The monoisotopic (exact) mass is 214 g/mol. The van der Waals surface area contributed by atoms with Gasteiger partial charge in [0, 0.05) is 25.6 Å². The molecule has 2 aliphatic heterocycles. The van der Waals surface area contributed by atoms with Gasteiger partial charge in [-0.2, -0.15) is 0 Å². The second-order valence-electron chi connectivity index (χ2n) is 4.06. The first-order valence-corrected chi connectivity index (χ1v) is 5.54. The minimum atomic E-state index is 0.170. The van der Waals surface area contributed by atoms with Crippen molar-refractivity contribution in [1.29, 1.82) is 0 Å². The maximum Gasteiger partial charge on any atom is 0.220 e. The van der Waals surface area contributed by atoms with Crippen LogP contribution in [0.3, 0.4) is 0 Å². The minimum Gasteiger partial charge on any atom is -0.355 e. The molecule has 0 bridgehead atoms. The van der Waals surface area contributed by atoms with E-state index in [0.717, 1.165) is 32.5 Å². The molecule has 2 aliphatic rings. The summed E-state index contributed by atoms with van der Waals surface area (Å²) in [6.45, 7) is 2.88. The number of ether oxygens (including phenoxy) is 2. The third-order valence-electron chi connectivity index (χ3n) is 2.82. The number of hydrogen-bond acceptors (Lipinski definition) is 4. The molecule has 2 heterocycles. The van der Waals surface area contributed by atoms with Gasteiger partial charge < -0.3 is 20.1 Å². The Morgan fingerprint density at radius 1 is 1.40 bits per heavy atom. The summed E-state index contributed by atoms with van der Waals surface area (Å²) in [6, 6.07) is 0.303. The van der Waals surface area contributed by atoms with Crippen LogP contribution < -0.4 is 10.6 Å². The molecule has 86 valence electrons. The molecule has 15 heavy (non-hydrogen) atoms. The summed E-state index contributed by atoms with van der Waals surface area (Å²) in [5.74, 6) is 0.170. The van der Waals surface area contributed by atoms with Crippen LogP contribution in [0, 0.1) is 0 Å². The molecule has 1 amide bonds. The molecule has 2 fully saturated rings. The molecule has 0 aliphatic carbocycles. The molecule has 2 unspecified atom stereocenters. The lowest BCUT2D eigenvalue weighted by atomic mass is 10.2. The Bertz CT molecular complexity index is 217. The van der Waals surface area contributed by atoms with Gasteiger partial charge in [0.25, 0.3) is 0 Å². The molecule has 2 N–H and O–H groups in total. The Balaban J connectivity index is 1.56. The lowest BCUT2D eigenvalue weighted by Crippen LogP contribution is -2.40. The highest BCUT2D eigenvalue weighted by molar-refractivity contribution is 5.78. The molecule has 0 aromatic rings. The summed E-state index contributed by atoms with van der Waals surface area (Å²) in [5, 5.41) is 6.25. The molecule has 0 aromatic carbocycles. The molecule has 0 radical (unpaired) electrons. The van der Waals surface area contributed by atoms with Gasteiger partial charge in [0.1, 0.15) is 6.79 Å². The largest absolute Gasteiger partial charge is 0.355 e. The summed E-state index contributed by atoms with van der Waals surface area (Å²) in [6.07, 6.45) is 2.82. The van der Waals surface area contributed by atoms with Gasteiger partial charge in [-0.05, 0) is 12.8 Å². The molecule has 2 rings (SSSR count). The first-order chi connectivity index (χ1) is 7.34. The number of nitrogens with one attached hydrogen (secondary N) is 2. The Hall–Kier alpha value is -0.650. The summed E-state index contributed by atoms with van der Waals surface area (Å²) in [5.41, 5.74) is 0. The van der Waals surface area contributed by atoms with Crippen LogP contribution in [0.25, 0.3) is 0 Å². The Morgan fingerprint density at radius 3 is 3.00 bits per heavy atom. The highest BCUT2D eigenvalue weighted by atomic mass is 16.7. The van der Waals surface area contributed by atoms with Crippen molar-refractivity contribution in [2.24, 2.45) is 0 Å². The lowest BCUT2D eigenvalue weighted by molar-refractivity contribution is -0.137. The zero-order chi connectivity index (χ0) is 10.5. The lowest BCUT2D eigenvalue weighted by Gasteiger charge is -2.23. The van der Waals surface area contributed by atoms with Crippen molar-refractivity contribution < 1.29 is 14.3 Å². The van der Waals surface area contributed by atoms with Crippen LogP contribution in [0.4, 0.5) is 0 Å². The predicted octanol–water partition coefficient (Wildman–Crippen LogP) is -0.382. The van der Waals surface area contributed by atoms with E-state index in [1.807, 2.05) is 0 Å². The first kappa shape index (κ1) is 10.9. The quantitative estimate of drug-likeness (QED) is 0.669. The van der Waals surface area contributed by atoms with Crippen LogP contribution in [0.1, 0.15) is 19.3 Å². The topological polar surface area (TPSA) is 59.6 Å². The van der Waals surface area contributed by atoms with Crippen LogP contribution in [0.15, 0.2) is 0 Å². The zero-order valence-electron chi connectivity index (χ0n) is 8.83. The molecule has 0 aromatic heterocycles. The van der Waals surface area contributed by atoms with Gasteiger partial charge in [-0.1, -0.05) is 0 Å². The van der Waals surface area contributed by atoms with E-state index >= 15 is 0 Å². The second-order valence-corrected chi connectivity index (χ2v) is 4.06. The zero-order valence-corrected chi connectivity index (χ0v) is 8.83. The van der Waals surface area contributed by atoms with Gasteiger partial charge in [-0.15, -0.1) is 0 Å². The fourth-order valence-electron chi connectivity index (χ4n) is 1.91. The molecule has 0 spiro atoms. The van der Waals surface area contributed by atoms with Crippen molar-refractivity contribution in [3.63, 3.8) is 0 Å². The molecule has 2 saturated heterocycles.